The van der Waals surface area contributed by atoms with Crippen LogP contribution in [0.5, 0.6) is 0 Å². The molecule has 6 heteroatoms. The molecule has 27 rings (SSSR count). The average Bonchev–Trinajstić information content (AvgIpc) is 0.890. The highest BCUT2D eigenvalue weighted by atomic mass is 15.1. The number of rotatable bonds is 13. The summed E-state index contributed by atoms with van der Waals surface area (Å²) in [4.78, 5) is 15.3. The Hall–Kier alpha value is -18.7. The van der Waals surface area contributed by atoms with Gasteiger partial charge in [-0.3, -0.25) is 13.7 Å². The number of hydrogen-bond acceptors (Lipinski definition) is 3. The molecule has 0 amide bonds. The quantitative estimate of drug-likeness (QED) is 0.0854. The summed E-state index contributed by atoms with van der Waals surface area (Å²) in [6.07, 6.45) is 5.77. The van der Waals surface area contributed by atoms with E-state index in [1.807, 2.05) is 24.3 Å². The van der Waals surface area contributed by atoms with Gasteiger partial charge in [-0.15, -0.1) is 6.42 Å². The number of imidazole rings is 3. The zero-order chi connectivity index (χ0) is 93.1. The van der Waals surface area contributed by atoms with Gasteiger partial charge in [-0.25, -0.2) is 15.0 Å². The number of terminal acetylenes is 1. The zero-order valence-corrected chi connectivity index (χ0v) is 76.8. The third-order valence-electron chi connectivity index (χ3n) is 27.7. The molecule has 0 N–H and O–H groups in total. The van der Waals surface area contributed by atoms with Crippen molar-refractivity contribution in [2.45, 2.75) is 21.8 Å². The van der Waals surface area contributed by atoms with Gasteiger partial charge in [0.1, 0.15) is 17.5 Å². The summed E-state index contributed by atoms with van der Waals surface area (Å²) < 4.78 is 6.79. The van der Waals surface area contributed by atoms with E-state index < -0.39 is 0 Å². The largest absolute Gasteiger partial charge is 0.297 e. The topological polar surface area (TPSA) is 53.5 Å². The second-order valence-corrected chi connectivity index (χ2v) is 35.9. The van der Waals surface area contributed by atoms with Gasteiger partial charge in [-0.2, -0.15) is 0 Å². The van der Waals surface area contributed by atoms with E-state index in [9.17, 15) is 0 Å². The normalized spacial score (nSPS) is 11.3. The van der Waals surface area contributed by atoms with E-state index in [-0.39, 0.29) is 14.9 Å². The molecule has 3 heterocycles. The fourth-order valence-corrected chi connectivity index (χ4v) is 21.4. The molecule has 0 aliphatic carbocycles. The van der Waals surface area contributed by atoms with E-state index in [0.29, 0.717) is 0 Å². The molecular formula is C136H96N6. The van der Waals surface area contributed by atoms with Crippen molar-refractivity contribution in [1.82, 2.24) is 28.7 Å². The Morgan fingerprint density at radius 2 is 0.500 bits per heavy atom. The molecule has 3 aromatic heterocycles. The van der Waals surface area contributed by atoms with Crippen molar-refractivity contribution in [1.29, 1.82) is 0 Å². The van der Waals surface area contributed by atoms with Crippen LogP contribution in [-0.2, 0) is 0 Å². The molecule has 0 aliphatic rings. The van der Waals surface area contributed by atoms with Crippen LogP contribution in [0.15, 0.2) is 510 Å². The molecule has 0 bridgehead atoms. The molecule has 0 fully saturated rings. The Kier molecular flexibility index (Phi) is 23.0. The fourth-order valence-electron chi connectivity index (χ4n) is 21.4. The van der Waals surface area contributed by atoms with E-state index in [0.717, 1.165) is 101 Å². The highest BCUT2D eigenvalue weighted by molar-refractivity contribution is 6.25. The fraction of sp³-hybridized carbons (Fsp3) is 0.0221. The second-order valence-electron chi connectivity index (χ2n) is 35.9. The Morgan fingerprint density at radius 3 is 0.915 bits per heavy atom. The molecule has 0 aliphatic heterocycles. The molecule has 0 saturated heterocycles. The lowest BCUT2D eigenvalue weighted by Crippen LogP contribution is -2.00. The predicted molar refractivity (Wildman–Crippen MR) is 604 cm³/mol. The summed E-state index contributed by atoms with van der Waals surface area (Å²) in [7, 11) is 0. The Labute approximate surface area is 826 Å². The third kappa shape index (κ3) is 15.6. The van der Waals surface area contributed by atoms with Gasteiger partial charge < -0.3 is 0 Å². The smallest absolute Gasteiger partial charge is 0.145 e. The van der Waals surface area contributed by atoms with E-state index >= 15 is 0 Å². The highest BCUT2D eigenvalue weighted by Crippen LogP contribution is 2.50. The molecule has 27 aromatic rings. The predicted octanol–water partition coefficient (Wildman–Crippen LogP) is 36.5. The first kappa shape index (κ1) is 87.4. The van der Waals surface area contributed by atoms with Crippen molar-refractivity contribution < 1.29 is 0 Å². The van der Waals surface area contributed by atoms with Gasteiger partial charge in [-0.1, -0.05) is 439 Å². The van der Waals surface area contributed by atoms with Crippen molar-refractivity contribution in [2.24, 2.45) is 0 Å². The van der Waals surface area contributed by atoms with Gasteiger partial charge in [0.2, 0.25) is 0 Å². The molecular weight excluding hydrogens is 1720 g/mol. The van der Waals surface area contributed by atoms with Gasteiger partial charge in [0, 0.05) is 44.9 Å². The molecule has 0 saturated carbocycles. The van der Waals surface area contributed by atoms with Gasteiger partial charge in [0.15, 0.2) is 0 Å². The molecule has 670 valence electrons. The number of aromatic nitrogens is 6. The SMILES string of the molecule is C.C.C#Cc1ccc2c(c1)nc(-c1cccc(-c3c4ccccc4c(-c4ccc5ccccc5c4)c4ccccc34)c1)n2-c1ccccc1.Cc1nc2ccccc2n1-c1ccc(-c2c3ccccc3c(-c3ccc4ccccc4c3)c3ccccc23)cc1.c1ccc(-c2nc(-c3ccccc3)n(-c3ccc(-c4c5ccccc5c(-c5ccc6ccccc6c5)c5ccccc45)cc3)c2-c2ccccc2)cc1. The van der Waals surface area contributed by atoms with Crippen molar-refractivity contribution in [3.8, 4) is 141 Å². The maximum absolute atomic E-state index is 5.77. The molecule has 0 radical (unpaired) electrons. The second kappa shape index (κ2) is 37.4. The molecule has 6 nitrogen and oxygen atoms in total. The lowest BCUT2D eigenvalue weighted by molar-refractivity contribution is 1.00. The van der Waals surface area contributed by atoms with E-state index in [2.05, 4.69) is 512 Å². The Balaban J connectivity index is 0.000000119. The maximum atomic E-state index is 5.77. The average molecular weight is 1810 g/mol. The van der Waals surface area contributed by atoms with Crippen LogP contribution in [0.4, 0.5) is 0 Å². The first-order valence-electron chi connectivity index (χ1n) is 47.7. The van der Waals surface area contributed by atoms with Gasteiger partial charge >= 0.3 is 0 Å². The number of hydrogen-bond donors (Lipinski definition) is 0. The maximum Gasteiger partial charge on any atom is 0.145 e. The number of para-hydroxylation sites is 3. The minimum absolute atomic E-state index is 0. The van der Waals surface area contributed by atoms with Crippen LogP contribution in [0.2, 0.25) is 0 Å². The summed E-state index contributed by atoms with van der Waals surface area (Å²) in [5.74, 6) is 5.55. The van der Waals surface area contributed by atoms with Crippen LogP contribution >= 0.6 is 0 Å². The van der Waals surface area contributed by atoms with Gasteiger partial charge in [0.25, 0.3) is 0 Å². The summed E-state index contributed by atoms with van der Waals surface area (Å²) in [5, 5.41) is 22.5. The number of nitrogens with zero attached hydrogens (tertiary/aromatic N) is 6. The van der Waals surface area contributed by atoms with Crippen LogP contribution in [0.3, 0.4) is 0 Å². The third-order valence-corrected chi connectivity index (χ3v) is 27.7. The number of aryl methyl sites for hydroxylation is 1. The minimum Gasteiger partial charge on any atom is -0.297 e. The molecule has 142 heavy (non-hydrogen) atoms. The number of benzene rings is 24. The summed E-state index contributed by atoms with van der Waals surface area (Å²) in [6.45, 7) is 2.07. The van der Waals surface area contributed by atoms with Crippen molar-refractivity contribution >= 4 is 119 Å². The van der Waals surface area contributed by atoms with Gasteiger partial charge in [0.05, 0.1) is 33.5 Å². The Morgan fingerprint density at radius 1 is 0.197 bits per heavy atom. The summed E-state index contributed by atoms with van der Waals surface area (Å²) in [6, 6.07) is 183. The molecule has 24 aromatic carbocycles. The molecule has 0 atom stereocenters. The Bertz CT molecular complexity index is 9390. The van der Waals surface area contributed by atoms with Crippen LogP contribution in [0.25, 0.3) is 248 Å². The number of fused-ring (bicyclic) bond motifs is 11. The van der Waals surface area contributed by atoms with Crippen molar-refractivity contribution in [3.05, 3.63) is 521 Å². The summed E-state index contributed by atoms with van der Waals surface area (Å²) >= 11 is 0. The lowest BCUT2D eigenvalue weighted by atomic mass is 9.85. The standard InChI is InChI=1S/C51H34N2.C45H28N2.C38H26N2.2CH4/c1-4-17-37(18-5-1)49-50(38-19-6-2-7-20-38)53(51(52-49)39-21-8-3-9-22-39)42-32-30-36(31-33-42)47-43-24-12-14-26-45(43)48(46-27-15-13-25-44(46)47)41-29-28-35-16-10-11-23-40(35)34-41;1-2-30-23-26-42-41(27-30)46-45(47(42)36-17-4-3-5-18-36)35-16-12-15-33(29-35)43-37-19-8-10-21-39(37)44(40-22-11-9-20-38(40)43)34-25-24-31-13-6-7-14-32(31)28-34;1-25-39-35-16-8-9-17-36(35)40(25)30-22-20-27(21-23-30)37-31-12-4-6-14-33(31)38(34-15-7-5-13-32(34)37)29-19-18-26-10-2-3-11-28(26)24-29;;/h1-34H;1,3-29H;2-24H,1H3;2*1H4. The van der Waals surface area contributed by atoms with E-state index in [1.165, 1.54) is 158 Å². The highest BCUT2D eigenvalue weighted by Gasteiger charge is 2.27. The minimum atomic E-state index is 0. The van der Waals surface area contributed by atoms with E-state index in [1.54, 1.807) is 0 Å². The van der Waals surface area contributed by atoms with Gasteiger partial charge in [-0.05, 0) is 262 Å². The van der Waals surface area contributed by atoms with Crippen LogP contribution < -0.4 is 0 Å². The van der Waals surface area contributed by atoms with Crippen molar-refractivity contribution in [3.63, 3.8) is 0 Å². The first-order chi connectivity index (χ1) is 69.3. The molecule has 0 spiro atoms. The van der Waals surface area contributed by atoms with E-state index in [4.69, 9.17) is 21.4 Å². The van der Waals surface area contributed by atoms with Crippen molar-refractivity contribution in [2.75, 3.05) is 0 Å². The van der Waals surface area contributed by atoms with Crippen LogP contribution in [0, 0.1) is 19.3 Å². The zero-order valence-electron chi connectivity index (χ0n) is 76.8. The monoisotopic (exact) mass is 1810 g/mol. The first-order valence-corrected chi connectivity index (χ1v) is 47.7. The van der Waals surface area contributed by atoms with Crippen LogP contribution in [-0.4, -0.2) is 28.7 Å². The lowest BCUT2D eigenvalue weighted by Gasteiger charge is -2.19. The summed E-state index contributed by atoms with van der Waals surface area (Å²) in [5.41, 5.74) is 29.2. The molecule has 0 unspecified atom stereocenters. The van der Waals surface area contributed by atoms with Crippen LogP contribution in [0.1, 0.15) is 26.2 Å².